The number of carbonyl (C=O) groups is 1. The van der Waals surface area contributed by atoms with Crippen LogP contribution >= 0.6 is 11.6 Å². The fourth-order valence-electron chi connectivity index (χ4n) is 1.36. The second-order valence-corrected chi connectivity index (χ2v) is 4.00. The molecule has 0 spiro atoms. The van der Waals surface area contributed by atoms with E-state index in [4.69, 9.17) is 17.3 Å². The monoisotopic (exact) mass is 250 g/mol. The molecule has 88 valence electrons. The van der Waals surface area contributed by atoms with E-state index in [9.17, 15) is 4.79 Å². The van der Waals surface area contributed by atoms with Gasteiger partial charge in [0.2, 0.25) is 0 Å². The number of amides is 1. The molecule has 0 aliphatic carbocycles. The standard InChI is InChI=1S/C11H11ClN4O/c1-16-6-7(5-14-16)11(17)15-8-2-3-9(12)10(13)4-8/h2-6H,13H2,1H3,(H,15,17). The molecule has 17 heavy (non-hydrogen) atoms. The lowest BCUT2D eigenvalue weighted by atomic mass is 10.2. The summed E-state index contributed by atoms with van der Waals surface area (Å²) in [6.45, 7) is 0. The molecule has 0 atom stereocenters. The Hall–Kier alpha value is -2.01. The Balaban J connectivity index is 2.15. The van der Waals surface area contributed by atoms with Gasteiger partial charge in [-0.25, -0.2) is 0 Å². The van der Waals surface area contributed by atoms with Gasteiger partial charge in [-0.2, -0.15) is 5.10 Å². The van der Waals surface area contributed by atoms with Gasteiger partial charge in [0.05, 0.1) is 22.5 Å². The maximum Gasteiger partial charge on any atom is 0.258 e. The van der Waals surface area contributed by atoms with Crippen molar-refractivity contribution in [1.82, 2.24) is 9.78 Å². The Morgan fingerprint density at radius 1 is 1.53 bits per heavy atom. The molecule has 6 heteroatoms. The van der Waals surface area contributed by atoms with Crippen LogP contribution in [0.2, 0.25) is 5.02 Å². The number of benzene rings is 1. The molecule has 5 nitrogen and oxygen atoms in total. The van der Waals surface area contributed by atoms with Gasteiger partial charge in [-0.3, -0.25) is 9.48 Å². The van der Waals surface area contributed by atoms with Crippen molar-refractivity contribution in [2.75, 3.05) is 11.1 Å². The van der Waals surface area contributed by atoms with Crippen LogP contribution in [0.5, 0.6) is 0 Å². The van der Waals surface area contributed by atoms with Gasteiger partial charge in [0, 0.05) is 18.9 Å². The molecule has 0 saturated heterocycles. The predicted octanol–water partition coefficient (Wildman–Crippen LogP) is 1.91. The molecule has 0 unspecified atom stereocenters. The largest absolute Gasteiger partial charge is 0.397 e. The van der Waals surface area contributed by atoms with Crippen molar-refractivity contribution >= 4 is 28.9 Å². The number of anilines is 2. The molecule has 0 fully saturated rings. The number of nitrogen functional groups attached to an aromatic ring is 1. The van der Waals surface area contributed by atoms with Crippen molar-refractivity contribution in [1.29, 1.82) is 0 Å². The number of hydrogen-bond donors (Lipinski definition) is 2. The fourth-order valence-corrected chi connectivity index (χ4v) is 1.48. The summed E-state index contributed by atoms with van der Waals surface area (Å²) in [5, 5.41) is 7.09. The minimum Gasteiger partial charge on any atom is -0.397 e. The molecule has 0 aliphatic heterocycles. The molecule has 1 heterocycles. The number of rotatable bonds is 2. The number of halogens is 1. The minimum atomic E-state index is -0.236. The lowest BCUT2D eigenvalue weighted by Crippen LogP contribution is -2.11. The van der Waals surface area contributed by atoms with Crippen molar-refractivity contribution in [3.63, 3.8) is 0 Å². The van der Waals surface area contributed by atoms with Gasteiger partial charge in [-0.15, -0.1) is 0 Å². The zero-order chi connectivity index (χ0) is 12.4. The highest BCUT2D eigenvalue weighted by Gasteiger charge is 2.08. The molecule has 0 saturated carbocycles. The molecular formula is C11H11ClN4O. The van der Waals surface area contributed by atoms with Gasteiger partial charge in [0.15, 0.2) is 0 Å². The molecule has 2 rings (SSSR count). The number of nitrogens with zero attached hydrogens (tertiary/aromatic N) is 2. The third kappa shape index (κ3) is 2.57. The quantitative estimate of drug-likeness (QED) is 0.800. The van der Waals surface area contributed by atoms with Crippen LogP contribution in [-0.4, -0.2) is 15.7 Å². The number of hydrogen-bond acceptors (Lipinski definition) is 3. The van der Waals surface area contributed by atoms with Gasteiger partial charge in [-0.05, 0) is 18.2 Å². The summed E-state index contributed by atoms with van der Waals surface area (Å²) in [5.41, 5.74) is 7.15. The molecule has 1 aromatic heterocycles. The van der Waals surface area contributed by atoms with E-state index >= 15 is 0 Å². The van der Waals surface area contributed by atoms with Crippen LogP contribution in [0.3, 0.4) is 0 Å². The SMILES string of the molecule is Cn1cc(C(=O)Nc2ccc(Cl)c(N)c2)cn1. The molecule has 0 aliphatic rings. The average molecular weight is 251 g/mol. The van der Waals surface area contributed by atoms with Crippen molar-refractivity contribution in [3.8, 4) is 0 Å². The topological polar surface area (TPSA) is 72.9 Å². The Labute approximate surface area is 103 Å². The fraction of sp³-hybridized carbons (Fsp3) is 0.0909. The van der Waals surface area contributed by atoms with Gasteiger partial charge in [0.1, 0.15) is 0 Å². The number of nitrogens with two attached hydrogens (primary N) is 1. The van der Waals surface area contributed by atoms with Gasteiger partial charge < -0.3 is 11.1 Å². The maximum absolute atomic E-state index is 11.8. The number of nitrogens with one attached hydrogen (secondary N) is 1. The van der Waals surface area contributed by atoms with E-state index in [-0.39, 0.29) is 5.91 Å². The van der Waals surface area contributed by atoms with Crippen LogP contribution < -0.4 is 11.1 Å². The normalized spacial score (nSPS) is 10.2. The molecule has 0 radical (unpaired) electrons. The molecule has 1 aromatic carbocycles. The van der Waals surface area contributed by atoms with E-state index in [0.717, 1.165) is 0 Å². The molecule has 2 aromatic rings. The Morgan fingerprint density at radius 2 is 2.29 bits per heavy atom. The minimum absolute atomic E-state index is 0.236. The van der Waals surface area contributed by atoms with E-state index in [1.807, 2.05) is 0 Å². The predicted molar refractivity (Wildman–Crippen MR) is 67.0 cm³/mol. The smallest absolute Gasteiger partial charge is 0.258 e. The van der Waals surface area contributed by atoms with Crippen LogP contribution in [-0.2, 0) is 7.05 Å². The number of aryl methyl sites for hydroxylation is 1. The van der Waals surface area contributed by atoms with Crippen molar-refractivity contribution in [2.45, 2.75) is 0 Å². The maximum atomic E-state index is 11.8. The molecule has 3 N–H and O–H groups in total. The Morgan fingerprint density at radius 3 is 2.88 bits per heavy atom. The molecular weight excluding hydrogens is 240 g/mol. The van der Waals surface area contributed by atoms with Crippen LogP contribution in [0.15, 0.2) is 30.6 Å². The van der Waals surface area contributed by atoms with E-state index in [1.165, 1.54) is 6.20 Å². The summed E-state index contributed by atoms with van der Waals surface area (Å²) in [6.07, 6.45) is 3.13. The van der Waals surface area contributed by atoms with Gasteiger partial charge in [-0.1, -0.05) is 11.6 Å². The van der Waals surface area contributed by atoms with E-state index in [1.54, 1.807) is 36.1 Å². The highest BCUT2D eigenvalue weighted by atomic mass is 35.5. The lowest BCUT2D eigenvalue weighted by molar-refractivity contribution is 0.102. The van der Waals surface area contributed by atoms with Crippen LogP contribution in [0, 0.1) is 0 Å². The summed E-state index contributed by atoms with van der Waals surface area (Å²) < 4.78 is 1.56. The molecule has 0 bridgehead atoms. The Kier molecular flexibility index (Phi) is 3.01. The van der Waals surface area contributed by atoms with Gasteiger partial charge in [0.25, 0.3) is 5.91 Å². The summed E-state index contributed by atoms with van der Waals surface area (Å²) in [7, 11) is 1.75. The lowest BCUT2D eigenvalue weighted by Gasteiger charge is -2.05. The number of aromatic nitrogens is 2. The first kappa shape index (κ1) is 11.5. The van der Waals surface area contributed by atoms with E-state index in [0.29, 0.717) is 22.0 Å². The first-order chi connectivity index (χ1) is 8.06. The first-order valence-electron chi connectivity index (χ1n) is 4.91. The zero-order valence-corrected chi connectivity index (χ0v) is 9.90. The summed E-state index contributed by atoms with van der Waals surface area (Å²) >= 11 is 5.79. The van der Waals surface area contributed by atoms with Crippen molar-refractivity contribution in [2.24, 2.45) is 7.05 Å². The van der Waals surface area contributed by atoms with Crippen LogP contribution in [0.1, 0.15) is 10.4 Å². The molecule has 1 amide bonds. The van der Waals surface area contributed by atoms with Gasteiger partial charge >= 0.3 is 0 Å². The van der Waals surface area contributed by atoms with E-state index < -0.39 is 0 Å². The van der Waals surface area contributed by atoms with Crippen molar-refractivity contribution in [3.05, 3.63) is 41.2 Å². The average Bonchev–Trinajstić information content (AvgIpc) is 2.70. The number of carbonyl (C=O) groups excluding carboxylic acids is 1. The van der Waals surface area contributed by atoms with Crippen molar-refractivity contribution < 1.29 is 4.79 Å². The second-order valence-electron chi connectivity index (χ2n) is 3.59. The van der Waals surface area contributed by atoms with Crippen LogP contribution in [0.25, 0.3) is 0 Å². The third-order valence-electron chi connectivity index (χ3n) is 2.22. The third-order valence-corrected chi connectivity index (χ3v) is 2.57. The highest BCUT2D eigenvalue weighted by molar-refractivity contribution is 6.33. The summed E-state index contributed by atoms with van der Waals surface area (Å²) in [4.78, 5) is 11.8. The second kappa shape index (κ2) is 4.47. The van der Waals surface area contributed by atoms with Crippen LogP contribution in [0.4, 0.5) is 11.4 Å². The van der Waals surface area contributed by atoms with E-state index in [2.05, 4.69) is 10.4 Å². The summed E-state index contributed by atoms with van der Waals surface area (Å²) in [5.74, 6) is -0.236. The Bertz CT molecular complexity index is 564. The summed E-state index contributed by atoms with van der Waals surface area (Å²) in [6, 6.07) is 4.93. The first-order valence-corrected chi connectivity index (χ1v) is 5.29. The zero-order valence-electron chi connectivity index (χ0n) is 9.14. The highest BCUT2D eigenvalue weighted by Crippen LogP contribution is 2.22.